The fraction of sp³-hybridized carbons (Fsp3) is 0.538. The van der Waals surface area contributed by atoms with Crippen LogP contribution in [0.2, 0.25) is 0 Å². The second-order valence-corrected chi connectivity index (χ2v) is 5.22. The third-order valence-corrected chi connectivity index (χ3v) is 3.51. The van der Waals surface area contributed by atoms with Crippen molar-refractivity contribution < 1.29 is 14.2 Å². The maximum absolute atomic E-state index is 6.18. The Balaban J connectivity index is 2.05. The summed E-state index contributed by atoms with van der Waals surface area (Å²) >= 11 is 3.46. The molecule has 1 aromatic rings. The van der Waals surface area contributed by atoms with Gasteiger partial charge in [0.15, 0.2) is 0 Å². The van der Waals surface area contributed by atoms with E-state index in [0.717, 1.165) is 15.8 Å². The third-order valence-electron chi connectivity index (χ3n) is 3.02. The van der Waals surface area contributed by atoms with Gasteiger partial charge in [0.05, 0.1) is 33.0 Å². The molecule has 1 heterocycles. The van der Waals surface area contributed by atoms with Gasteiger partial charge >= 0.3 is 0 Å². The number of hydrogen-bond donors (Lipinski definition) is 1. The van der Waals surface area contributed by atoms with E-state index >= 15 is 0 Å². The van der Waals surface area contributed by atoms with Crippen LogP contribution in [0, 0.1) is 0 Å². The van der Waals surface area contributed by atoms with Gasteiger partial charge < -0.3 is 19.9 Å². The molecule has 4 nitrogen and oxygen atoms in total. The van der Waals surface area contributed by atoms with E-state index in [1.807, 2.05) is 18.2 Å². The lowest BCUT2D eigenvalue weighted by atomic mass is 10.0. The molecule has 0 spiro atoms. The number of nitrogens with two attached hydrogens (primary N) is 1. The molecule has 18 heavy (non-hydrogen) atoms. The predicted octanol–water partition coefficient (Wildman–Crippen LogP) is 1.74. The molecule has 2 rings (SSSR count). The summed E-state index contributed by atoms with van der Waals surface area (Å²) in [5.41, 5.74) is 7.26. The molecule has 1 aliphatic rings. The van der Waals surface area contributed by atoms with Crippen LogP contribution in [0.1, 0.15) is 5.56 Å². The summed E-state index contributed by atoms with van der Waals surface area (Å²) in [7, 11) is 1.67. The van der Waals surface area contributed by atoms with E-state index in [1.165, 1.54) is 0 Å². The minimum atomic E-state index is -0.0894. The van der Waals surface area contributed by atoms with Crippen LogP contribution in [0.25, 0.3) is 0 Å². The maximum atomic E-state index is 6.18. The highest BCUT2D eigenvalue weighted by Crippen LogP contribution is 2.24. The molecule has 0 radical (unpaired) electrons. The van der Waals surface area contributed by atoms with E-state index in [1.54, 1.807) is 7.11 Å². The third kappa shape index (κ3) is 3.45. The number of hydrogen-bond acceptors (Lipinski definition) is 4. The monoisotopic (exact) mass is 315 g/mol. The van der Waals surface area contributed by atoms with Gasteiger partial charge in [-0.2, -0.15) is 0 Å². The van der Waals surface area contributed by atoms with Gasteiger partial charge in [0, 0.05) is 10.5 Å². The topological polar surface area (TPSA) is 53.7 Å². The minimum Gasteiger partial charge on any atom is -0.496 e. The van der Waals surface area contributed by atoms with Crippen molar-refractivity contribution in [1.82, 2.24) is 0 Å². The van der Waals surface area contributed by atoms with Crippen molar-refractivity contribution in [2.75, 3.05) is 26.9 Å². The van der Waals surface area contributed by atoms with Gasteiger partial charge in [0.2, 0.25) is 0 Å². The molecule has 2 unspecified atom stereocenters. The molecule has 0 aromatic heterocycles. The summed E-state index contributed by atoms with van der Waals surface area (Å²) in [6.45, 7) is 1.84. The summed E-state index contributed by atoms with van der Waals surface area (Å²) in [5, 5.41) is 0. The largest absolute Gasteiger partial charge is 0.496 e. The molecular weight excluding hydrogens is 298 g/mol. The van der Waals surface area contributed by atoms with Crippen LogP contribution in [0.4, 0.5) is 0 Å². The normalized spacial score (nSPS) is 21.6. The second kappa shape index (κ2) is 6.52. The van der Waals surface area contributed by atoms with Crippen LogP contribution in [-0.2, 0) is 15.9 Å². The fourth-order valence-electron chi connectivity index (χ4n) is 2.05. The molecule has 100 valence electrons. The first kappa shape index (κ1) is 13.8. The van der Waals surface area contributed by atoms with Gasteiger partial charge in [-0.3, -0.25) is 0 Å². The van der Waals surface area contributed by atoms with Gasteiger partial charge in [0.25, 0.3) is 0 Å². The van der Waals surface area contributed by atoms with Crippen molar-refractivity contribution in [1.29, 1.82) is 0 Å². The van der Waals surface area contributed by atoms with E-state index in [0.29, 0.717) is 26.2 Å². The van der Waals surface area contributed by atoms with Crippen molar-refractivity contribution in [3.8, 4) is 5.75 Å². The Morgan fingerprint density at radius 3 is 3.00 bits per heavy atom. The molecule has 0 aliphatic carbocycles. The molecule has 0 bridgehead atoms. The summed E-state index contributed by atoms with van der Waals surface area (Å²) in [5.74, 6) is 0.852. The second-order valence-electron chi connectivity index (χ2n) is 4.31. The standard InChI is InChI=1S/C13H18BrNO3/c1-16-12-3-2-10(14)6-9(12)7-11(15)13-8-17-4-5-18-13/h2-3,6,11,13H,4-5,7-8,15H2,1H3. The number of rotatable bonds is 4. The predicted molar refractivity (Wildman–Crippen MR) is 72.9 cm³/mol. The Kier molecular flexibility index (Phi) is 5.00. The Hall–Kier alpha value is -0.620. The van der Waals surface area contributed by atoms with Crippen LogP contribution in [0.5, 0.6) is 5.75 Å². The summed E-state index contributed by atoms with van der Waals surface area (Å²) < 4.78 is 17.3. The quantitative estimate of drug-likeness (QED) is 0.919. The molecule has 2 N–H and O–H groups in total. The summed E-state index contributed by atoms with van der Waals surface area (Å²) in [6.07, 6.45) is 0.666. The SMILES string of the molecule is COc1ccc(Br)cc1CC(N)C1COCCO1. The Morgan fingerprint density at radius 1 is 1.50 bits per heavy atom. The first-order valence-electron chi connectivity index (χ1n) is 5.98. The lowest BCUT2D eigenvalue weighted by molar-refractivity contribution is -0.0967. The molecule has 1 aromatic carbocycles. The zero-order chi connectivity index (χ0) is 13.0. The van der Waals surface area contributed by atoms with Crippen LogP contribution in [0.15, 0.2) is 22.7 Å². The first-order valence-corrected chi connectivity index (χ1v) is 6.77. The Bertz CT molecular complexity index is 394. The van der Waals surface area contributed by atoms with Gasteiger partial charge in [0.1, 0.15) is 5.75 Å². The van der Waals surface area contributed by atoms with E-state index in [9.17, 15) is 0 Å². The Morgan fingerprint density at radius 2 is 2.33 bits per heavy atom. The van der Waals surface area contributed by atoms with Crippen LogP contribution < -0.4 is 10.5 Å². The number of benzene rings is 1. The molecule has 1 fully saturated rings. The summed E-state index contributed by atoms with van der Waals surface area (Å²) in [6, 6.07) is 5.83. The highest BCUT2D eigenvalue weighted by atomic mass is 79.9. The van der Waals surface area contributed by atoms with Crippen LogP contribution in [0.3, 0.4) is 0 Å². The van der Waals surface area contributed by atoms with Gasteiger partial charge in [-0.15, -0.1) is 0 Å². The fourth-order valence-corrected chi connectivity index (χ4v) is 2.45. The first-order chi connectivity index (χ1) is 8.70. The lowest BCUT2D eigenvalue weighted by Crippen LogP contribution is -2.44. The molecule has 5 heteroatoms. The number of methoxy groups -OCH3 is 1. The summed E-state index contributed by atoms with van der Waals surface area (Å²) in [4.78, 5) is 0. The molecule has 2 atom stereocenters. The lowest BCUT2D eigenvalue weighted by Gasteiger charge is -2.28. The molecule has 0 amide bonds. The molecule has 1 aliphatic heterocycles. The van der Waals surface area contributed by atoms with Gasteiger partial charge in [-0.1, -0.05) is 15.9 Å². The minimum absolute atomic E-state index is 0.0394. The average molecular weight is 316 g/mol. The zero-order valence-electron chi connectivity index (χ0n) is 10.4. The van der Waals surface area contributed by atoms with E-state index < -0.39 is 0 Å². The molecule has 1 saturated heterocycles. The smallest absolute Gasteiger partial charge is 0.122 e. The van der Waals surface area contributed by atoms with Crippen molar-refractivity contribution in [2.45, 2.75) is 18.6 Å². The van der Waals surface area contributed by atoms with Gasteiger partial charge in [-0.25, -0.2) is 0 Å². The molecular formula is C13H18BrNO3. The van der Waals surface area contributed by atoms with Crippen molar-refractivity contribution in [3.63, 3.8) is 0 Å². The Labute approximate surface area is 116 Å². The number of halogens is 1. The van der Waals surface area contributed by atoms with E-state index in [4.69, 9.17) is 19.9 Å². The van der Waals surface area contributed by atoms with Crippen molar-refractivity contribution >= 4 is 15.9 Å². The van der Waals surface area contributed by atoms with Crippen LogP contribution >= 0.6 is 15.9 Å². The molecule has 0 saturated carbocycles. The van der Waals surface area contributed by atoms with Crippen molar-refractivity contribution in [3.05, 3.63) is 28.2 Å². The maximum Gasteiger partial charge on any atom is 0.122 e. The average Bonchev–Trinajstić information content (AvgIpc) is 2.40. The number of ether oxygens (including phenoxy) is 3. The highest BCUT2D eigenvalue weighted by Gasteiger charge is 2.23. The van der Waals surface area contributed by atoms with E-state index in [2.05, 4.69) is 15.9 Å². The van der Waals surface area contributed by atoms with Crippen LogP contribution in [-0.4, -0.2) is 39.1 Å². The van der Waals surface area contributed by atoms with Crippen molar-refractivity contribution in [2.24, 2.45) is 5.73 Å². The zero-order valence-corrected chi connectivity index (χ0v) is 12.0. The van der Waals surface area contributed by atoms with Gasteiger partial charge in [-0.05, 0) is 30.2 Å². The highest BCUT2D eigenvalue weighted by molar-refractivity contribution is 9.10. The van der Waals surface area contributed by atoms with E-state index in [-0.39, 0.29) is 12.1 Å².